The van der Waals surface area contributed by atoms with E-state index in [1.807, 2.05) is 17.7 Å². The number of ether oxygens (including phenoxy) is 1. The zero-order chi connectivity index (χ0) is 11.1. The van der Waals surface area contributed by atoms with Gasteiger partial charge in [0.05, 0.1) is 17.8 Å². The maximum atomic E-state index is 13.1. The van der Waals surface area contributed by atoms with E-state index in [9.17, 15) is 4.39 Å². The summed E-state index contributed by atoms with van der Waals surface area (Å²) in [5, 5.41) is 0. The molecule has 0 fully saturated rings. The number of nitrogens with zero attached hydrogens (tertiary/aromatic N) is 2. The highest BCUT2D eigenvalue weighted by Gasteiger charge is 2.17. The molecule has 4 heteroatoms. The van der Waals surface area contributed by atoms with Crippen LogP contribution in [0.1, 0.15) is 5.69 Å². The Bertz CT molecular complexity index is 548. The van der Waals surface area contributed by atoms with Crippen LogP contribution in [0.3, 0.4) is 0 Å². The summed E-state index contributed by atoms with van der Waals surface area (Å²) in [6, 6.07) is 4.56. The van der Waals surface area contributed by atoms with Gasteiger partial charge < -0.3 is 9.30 Å². The molecule has 0 spiro atoms. The van der Waals surface area contributed by atoms with Gasteiger partial charge in [-0.05, 0) is 19.1 Å². The van der Waals surface area contributed by atoms with Crippen LogP contribution in [0.5, 0.6) is 5.75 Å². The molecule has 0 unspecified atom stereocenters. The summed E-state index contributed by atoms with van der Waals surface area (Å²) in [7, 11) is 0. The van der Waals surface area contributed by atoms with Crippen LogP contribution < -0.4 is 4.74 Å². The molecule has 1 aromatic heterocycles. The Balaban J connectivity index is 2.24. The van der Waals surface area contributed by atoms with E-state index in [-0.39, 0.29) is 5.82 Å². The van der Waals surface area contributed by atoms with Crippen molar-refractivity contribution < 1.29 is 9.13 Å². The number of benzene rings is 1. The maximum Gasteiger partial charge on any atom is 0.144 e. The lowest BCUT2D eigenvalue weighted by atomic mass is 10.2. The second-order valence-corrected chi connectivity index (χ2v) is 3.89. The number of halogens is 1. The first-order valence-electron chi connectivity index (χ1n) is 5.20. The third-order valence-electron chi connectivity index (χ3n) is 2.67. The smallest absolute Gasteiger partial charge is 0.144 e. The van der Waals surface area contributed by atoms with E-state index in [1.165, 1.54) is 12.1 Å². The number of aromatic nitrogens is 2. The molecule has 1 aliphatic rings. The topological polar surface area (TPSA) is 27.1 Å². The zero-order valence-electron chi connectivity index (χ0n) is 8.90. The van der Waals surface area contributed by atoms with Gasteiger partial charge in [-0.2, -0.15) is 0 Å². The molecule has 0 N–H and O–H groups in total. The highest BCUT2D eigenvalue weighted by molar-refractivity contribution is 5.65. The van der Waals surface area contributed by atoms with E-state index in [1.54, 1.807) is 6.07 Å². The number of hydrogen-bond acceptors (Lipinski definition) is 2. The lowest BCUT2D eigenvalue weighted by Gasteiger charge is -2.05. The third kappa shape index (κ3) is 1.38. The summed E-state index contributed by atoms with van der Waals surface area (Å²) in [5.74, 6) is 1.14. The lowest BCUT2D eigenvalue weighted by molar-refractivity contribution is 0.305. The van der Waals surface area contributed by atoms with Gasteiger partial charge in [0.1, 0.15) is 24.0 Å². The first-order valence-corrected chi connectivity index (χ1v) is 5.20. The standard InChI is InChI=1S/C12H11FN2O/c1-8-7-15-4-5-16-11-6-9(13)2-3-10(11)12(15)14-8/h2-3,6-7H,4-5H2,1H3. The quantitative estimate of drug-likeness (QED) is 0.678. The number of fused-ring (bicyclic) bond motifs is 3. The molecular formula is C12H11FN2O. The minimum absolute atomic E-state index is 0.282. The van der Waals surface area contributed by atoms with Gasteiger partial charge in [-0.3, -0.25) is 0 Å². The van der Waals surface area contributed by atoms with Gasteiger partial charge in [0.25, 0.3) is 0 Å². The average Bonchev–Trinajstić information content (AvgIpc) is 2.52. The van der Waals surface area contributed by atoms with Gasteiger partial charge in [0.15, 0.2) is 0 Å². The normalized spacial score (nSPS) is 13.6. The summed E-state index contributed by atoms with van der Waals surface area (Å²) < 4.78 is 20.7. The Labute approximate surface area is 92.5 Å². The van der Waals surface area contributed by atoms with Crippen molar-refractivity contribution in [3.8, 4) is 17.1 Å². The molecule has 3 nitrogen and oxygen atoms in total. The molecular weight excluding hydrogens is 207 g/mol. The van der Waals surface area contributed by atoms with Crippen molar-refractivity contribution in [2.45, 2.75) is 13.5 Å². The van der Waals surface area contributed by atoms with Gasteiger partial charge in [-0.1, -0.05) is 0 Å². The van der Waals surface area contributed by atoms with E-state index < -0.39 is 0 Å². The first-order chi connectivity index (χ1) is 7.74. The van der Waals surface area contributed by atoms with E-state index in [4.69, 9.17) is 4.74 Å². The van der Waals surface area contributed by atoms with E-state index in [0.29, 0.717) is 12.4 Å². The number of hydrogen-bond donors (Lipinski definition) is 0. The summed E-state index contributed by atoms with van der Waals surface area (Å²) in [6.45, 7) is 3.23. The Kier molecular flexibility index (Phi) is 1.96. The van der Waals surface area contributed by atoms with Crippen LogP contribution in [-0.4, -0.2) is 16.2 Å². The predicted octanol–water partition coefficient (Wildman–Crippen LogP) is 2.39. The van der Waals surface area contributed by atoms with Crippen molar-refractivity contribution in [1.29, 1.82) is 0 Å². The van der Waals surface area contributed by atoms with Crippen molar-refractivity contribution >= 4 is 0 Å². The summed E-state index contributed by atoms with van der Waals surface area (Å²) >= 11 is 0. The van der Waals surface area contributed by atoms with Gasteiger partial charge in [0.2, 0.25) is 0 Å². The Morgan fingerprint density at radius 1 is 1.44 bits per heavy atom. The summed E-state index contributed by atoms with van der Waals surface area (Å²) in [5.41, 5.74) is 1.82. The van der Waals surface area contributed by atoms with Gasteiger partial charge in [-0.15, -0.1) is 0 Å². The zero-order valence-corrected chi connectivity index (χ0v) is 8.90. The molecule has 1 aromatic carbocycles. The van der Waals surface area contributed by atoms with Crippen LogP contribution in [0.25, 0.3) is 11.4 Å². The van der Waals surface area contributed by atoms with E-state index in [2.05, 4.69) is 4.98 Å². The lowest BCUT2D eigenvalue weighted by Crippen LogP contribution is -2.04. The Hall–Kier alpha value is -1.84. The molecule has 0 amide bonds. The Morgan fingerprint density at radius 3 is 3.19 bits per heavy atom. The summed E-state index contributed by atoms with van der Waals surface area (Å²) in [4.78, 5) is 4.44. The molecule has 82 valence electrons. The highest BCUT2D eigenvalue weighted by atomic mass is 19.1. The molecule has 0 aliphatic carbocycles. The average molecular weight is 218 g/mol. The molecule has 2 aromatic rings. The van der Waals surface area contributed by atoms with Crippen LogP contribution in [0.4, 0.5) is 4.39 Å². The molecule has 16 heavy (non-hydrogen) atoms. The number of rotatable bonds is 0. The van der Waals surface area contributed by atoms with E-state index >= 15 is 0 Å². The predicted molar refractivity (Wildman–Crippen MR) is 57.9 cm³/mol. The second kappa shape index (κ2) is 3.33. The van der Waals surface area contributed by atoms with E-state index in [0.717, 1.165) is 23.6 Å². The van der Waals surface area contributed by atoms with Gasteiger partial charge in [-0.25, -0.2) is 9.37 Å². The largest absolute Gasteiger partial charge is 0.491 e. The molecule has 1 aliphatic heterocycles. The van der Waals surface area contributed by atoms with Crippen LogP contribution in [0.2, 0.25) is 0 Å². The van der Waals surface area contributed by atoms with Crippen molar-refractivity contribution in [2.75, 3.05) is 6.61 Å². The fourth-order valence-corrected chi connectivity index (χ4v) is 1.99. The van der Waals surface area contributed by atoms with Crippen LogP contribution >= 0.6 is 0 Å². The fourth-order valence-electron chi connectivity index (χ4n) is 1.99. The van der Waals surface area contributed by atoms with Gasteiger partial charge >= 0.3 is 0 Å². The molecule has 0 atom stereocenters. The second-order valence-electron chi connectivity index (χ2n) is 3.89. The fraction of sp³-hybridized carbons (Fsp3) is 0.250. The van der Waals surface area contributed by atoms with Crippen molar-refractivity contribution in [3.63, 3.8) is 0 Å². The third-order valence-corrected chi connectivity index (χ3v) is 2.67. The molecule has 0 saturated heterocycles. The minimum atomic E-state index is -0.282. The van der Waals surface area contributed by atoms with Crippen molar-refractivity contribution in [2.24, 2.45) is 0 Å². The minimum Gasteiger partial charge on any atom is -0.491 e. The van der Waals surface area contributed by atoms with Crippen LogP contribution in [-0.2, 0) is 6.54 Å². The summed E-state index contributed by atoms with van der Waals surface area (Å²) in [6.07, 6.45) is 1.98. The first kappa shape index (κ1) is 9.39. The van der Waals surface area contributed by atoms with Crippen molar-refractivity contribution in [3.05, 3.63) is 35.9 Å². The SMILES string of the molecule is Cc1cn2c(n1)-c1ccc(F)cc1OCC2. The Morgan fingerprint density at radius 2 is 2.31 bits per heavy atom. The monoisotopic (exact) mass is 218 g/mol. The molecule has 0 bridgehead atoms. The molecule has 0 radical (unpaired) electrons. The molecule has 2 heterocycles. The number of aryl methyl sites for hydroxylation is 1. The molecule has 3 rings (SSSR count). The highest BCUT2D eigenvalue weighted by Crippen LogP contribution is 2.32. The van der Waals surface area contributed by atoms with Crippen LogP contribution in [0, 0.1) is 12.7 Å². The van der Waals surface area contributed by atoms with Crippen LogP contribution in [0.15, 0.2) is 24.4 Å². The number of imidazole rings is 1. The van der Waals surface area contributed by atoms with Gasteiger partial charge in [0, 0.05) is 12.3 Å². The van der Waals surface area contributed by atoms with Crippen molar-refractivity contribution in [1.82, 2.24) is 9.55 Å². The molecule has 0 saturated carbocycles. The maximum absolute atomic E-state index is 13.1.